The fourth-order valence-electron chi connectivity index (χ4n) is 2.70. The highest BCUT2D eigenvalue weighted by atomic mass is 32.1. The second-order valence-corrected chi connectivity index (χ2v) is 6.47. The van der Waals surface area contributed by atoms with Crippen LogP contribution in [0.2, 0.25) is 0 Å². The summed E-state index contributed by atoms with van der Waals surface area (Å²) < 4.78 is 14.4. The molecule has 2 aromatic rings. The molecule has 110 valence electrons. The SMILES string of the molecule is CCNC(CC(CC)CC)c1cc2ccc(F)cc2s1. The number of nitrogens with one attached hydrogen (secondary N) is 1. The summed E-state index contributed by atoms with van der Waals surface area (Å²) in [5, 5.41) is 4.74. The van der Waals surface area contributed by atoms with Gasteiger partial charge in [0.2, 0.25) is 0 Å². The van der Waals surface area contributed by atoms with Gasteiger partial charge in [-0.15, -0.1) is 11.3 Å². The van der Waals surface area contributed by atoms with E-state index in [1.165, 1.54) is 17.7 Å². The molecule has 20 heavy (non-hydrogen) atoms. The van der Waals surface area contributed by atoms with Crippen molar-refractivity contribution in [3.05, 3.63) is 35.0 Å². The van der Waals surface area contributed by atoms with Crippen molar-refractivity contribution in [1.82, 2.24) is 5.32 Å². The van der Waals surface area contributed by atoms with Gasteiger partial charge in [-0.3, -0.25) is 0 Å². The van der Waals surface area contributed by atoms with Gasteiger partial charge in [0.25, 0.3) is 0 Å². The number of hydrogen-bond acceptors (Lipinski definition) is 2. The zero-order valence-electron chi connectivity index (χ0n) is 12.6. The van der Waals surface area contributed by atoms with E-state index in [1.54, 1.807) is 23.5 Å². The normalized spacial score (nSPS) is 13.2. The lowest BCUT2D eigenvalue weighted by Crippen LogP contribution is -2.22. The maximum absolute atomic E-state index is 13.3. The number of halogens is 1. The average molecular weight is 293 g/mol. The Morgan fingerprint density at radius 2 is 1.90 bits per heavy atom. The minimum Gasteiger partial charge on any atom is -0.310 e. The van der Waals surface area contributed by atoms with E-state index < -0.39 is 0 Å². The average Bonchev–Trinajstić information content (AvgIpc) is 2.86. The first-order chi connectivity index (χ1) is 9.67. The van der Waals surface area contributed by atoms with Crippen LogP contribution < -0.4 is 5.32 Å². The number of thiophene rings is 1. The van der Waals surface area contributed by atoms with Crippen LogP contribution in [0.25, 0.3) is 10.1 Å². The van der Waals surface area contributed by atoms with Crippen molar-refractivity contribution < 1.29 is 4.39 Å². The maximum atomic E-state index is 13.3. The summed E-state index contributed by atoms with van der Waals surface area (Å²) >= 11 is 1.72. The molecular formula is C17H24FNS. The Hall–Kier alpha value is -0.930. The molecule has 1 atom stereocenters. The van der Waals surface area contributed by atoms with E-state index in [0.29, 0.717) is 6.04 Å². The molecule has 2 rings (SSSR count). The minimum absolute atomic E-state index is 0.147. The second-order valence-electron chi connectivity index (χ2n) is 5.36. The van der Waals surface area contributed by atoms with Crippen molar-refractivity contribution in [2.75, 3.05) is 6.54 Å². The molecule has 0 saturated carbocycles. The first-order valence-electron chi connectivity index (χ1n) is 7.60. The standard InChI is InChI=1S/C17H24FNS/c1-4-12(5-2)9-15(19-6-3)17-10-13-7-8-14(18)11-16(13)20-17/h7-8,10-12,15,19H,4-6,9H2,1-3H3. The molecule has 3 heteroatoms. The third-order valence-corrected chi connectivity index (χ3v) is 5.23. The van der Waals surface area contributed by atoms with Gasteiger partial charge in [-0.25, -0.2) is 4.39 Å². The highest BCUT2D eigenvalue weighted by Crippen LogP contribution is 2.34. The quantitative estimate of drug-likeness (QED) is 0.709. The van der Waals surface area contributed by atoms with Crippen LogP contribution in [0.1, 0.15) is 51.0 Å². The molecular weight excluding hydrogens is 269 g/mol. The molecule has 1 unspecified atom stereocenters. The van der Waals surface area contributed by atoms with Gasteiger partial charge >= 0.3 is 0 Å². The molecule has 1 aromatic heterocycles. The van der Waals surface area contributed by atoms with Crippen molar-refractivity contribution in [2.45, 2.75) is 46.1 Å². The van der Waals surface area contributed by atoms with Gasteiger partial charge in [-0.05, 0) is 42.5 Å². The predicted molar refractivity (Wildman–Crippen MR) is 86.9 cm³/mol. The molecule has 0 aliphatic carbocycles. The fraction of sp³-hybridized carbons (Fsp3) is 0.529. The highest BCUT2D eigenvalue weighted by Gasteiger charge is 2.17. The molecule has 0 radical (unpaired) electrons. The van der Waals surface area contributed by atoms with Crippen LogP contribution in [0.3, 0.4) is 0 Å². The van der Waals surface area contributed by atoms with Gasteiger partial charge in [-0.2, -0.15) is 0 Å². The first-order valence-corrected chi connectivity index (χ1v) is 8.41. The van der Waals surface area contributed by atoms with Gasteiger partial charge in [0.15, 0.2) is 0 Å². The molecule has 1 aromatic carbocycles. The van der Waals surface area contributed by atoms with E-state index >= 15 is 0 Å². The van der Waals surface area contributed by atoms with Gasteiger partial charge in [-0.1, -0.05) is 39.7 Å². The van der Waals surface area contributed by atoms with Crippen molar-refractivity contribution >= 4 is 21.4 Å². The minimum atomic E-state index is -0.147. The Balaban J connectivity index is 2.26. The van der Waals surface area contributed by atoms with Gasteiger partial charge in [0.1, 0.15) is 5.82 Å². The summed E-state index contributed by atoms with van der Waals surface area (Å²) in [4.78, 5) is 1.33. The smallest absolute Gasteiger partial charge is 0.124 e. The second kappa shape index (κ2) is 7.19. The Bertz CT molecular complexity index is 545. The van der Waals surface area contributed by atoms with Gasteiger partial charge in [0, 0.05) is 15.6 Å². The van der Waals surface area contributed by atoms with Crippen LogP contribution in [-0.4, -0.2) is 6.54 Å². The summed E-state index contributed by atoms with van der Waals surface area (Å²) in [5.74, 6) is 0.604. The fourth-order valence-corrected chi connectivity index (χ4v) is 3.88. The third-order valence-electron chi connectivity index (χ3n) is 4.02. The lowest BCUT2D eigenvalue weighted by atomic mass is 9.94. The summed E-state index contributed by atoms with van der Waals surface area (Å²) in [7, 11) is 0. The van der Waals surface area contributed by atoms with Crippen molar-refractivity contribution in [1.29, 1.82) is 0 Å². The first kappa shape index (κ1) is 15.5. The Kier molecular flexibility index (Phi) is 5.55. The molecule has 0 saturated heterocycles. The topological polar surface area (TPSA) is 12.0 Å². The Morgan fingerprint density at radius 3 is 2.55 bits per heavy atom. The molecule has 0 aliphatic rings. The highest BCUT2D eigenvalue weighted by molar-refractivity contribution is 7.19. The summed E-state index contributed by atoms with van der Waals surface area (Å²) in [6.07, 6.45) is 3.60. The lowest BCUT2D eigenvalue weighted by molar-refractivity contribution is 0.379. The number of fused-ring (bicyclic) bond motifs is 1. The summed E-state index contributed by atoms with van der Waals surface area (Å²) in [6.45, 7) is 7.63. The van der Waals surface area contributed by atoms with Crippen molar-refractivity contribution in [3.8, 4) is 0 Å². The third kappa shape index (κ3) is 3.58. The number of hydrogen-bond donors (Lipinski definition) is 1. The Labute approximate surface area is 125 Å². The largest absolute Gasteiger partial charge is 0.310 e. The van der Waals surface area contributed by atoms with E-state index in [4.69, 9.17) is 0 Å². The maximum Gasteiger partial charge on any atom is 0.124 e. The molecule has 0 aliphatic heterocycles. The zero-order valence-corrected chi connectivity index (χ0v) is 13.4. The molecule has 1 N–H and O–H groups in total. The van der Waals surface area contributed by atoms with E-state index in [9.17, 15) is 4.39 Å². The van der Waals surface area contributed by atoms with E-state index in [-0.39, 0.29) is 5.82 Å². The molecule has 0 amide bonds. The van der Waals surface area contributed by atoms with E-state index in [2.05, 4.69) is 32.2 Å². The molecule has 0 fully saturated rings. The van der Waals surface area contributed by atoms with Crippen LogP contribution in [0.5, 0.6) is 0 Å². The van der Waals surface area contributed by atoms with E-state index in [1.807, 2.05) is 6.07 Å². The number of rotatable bonds is 7. The molecule has 1 nitrogen and oxygen atoms in total. The van der Waals surface area contributed by atoms with Crippen LogP contribution >= 0.6 is 11.3 Å². The van der Waals surface area contributed by atoms with Gasteiger partial charge in [0.05, 0.1) is 0 Å². The monoisotopic (exact) mass is 293 g/mol. The lowest BCUT2D eigenvalue weighted by Gasteiger charge is -2.21. The van der Waals surface area contributed by atoms with Crippen LogP contribution in [-0.2, 0) is 0 Å². The molecule has 0 spiro atoms. The van der Waals surface area contributed by atoms with Gasteiger partial charge < -0.3 is 5.32 Å². The zero-order chi connectivity index (χ0) is 14.5. The van der Waals surface area contributed by atoms with Crippen molar-refractivity contribution in [3.63, 3.8) is 0 Å². The van der Waals surface area contributed by atoms with Crippen molar-refractivity contribution in [2.24, 2.45) is 5.92 Å². The van der Waals surface area contributed by atoms with Crippen LogP contribution in [0, 0.1) is 11.7 Å². The molecule has 1 heterocycles. The van der Waals surface area contributed by atoms with Crippen LogP contribution in [0.4, 0.5) is 4.39 Å². The predicted octanol–water partition coefficient (Wildman–Crippen LogP) is 5.52. The molecule has 0 bridgehead atoms. The van der Waals surface area contributed by atoms with E-state index in [0.717, 1.165) is 29.0 Å². The summed E-state index contributed by atoms with van der Waals surface area (Å²) in [5.41, 5.74) is 0. The summed E-state index contributed by atoms with van der Waals surface area (Å²) in [6, 6.07) is 7.68. The number of benzene rings is 1. The van der Waals surface area contributed by atoms with Crippen LogP contribution in [0.15, 0.2) is 24.3 Å². The Morgan fingerprint density at radius 1 is 1.15 bits per heavy atom.